The Morgan fingerprint density at radius 1 is 0.971 bits per heavy atom. The quantitative estimate of drug-likeness (QED) is 0.581. The van der Waals surface area contributed by atoms with Gasteiger partial charge in [-0.1, -0.05) is 24.3 Å². The van der Waals surface area contributed by atoms with Crippen molar-refractivity contribution in [3.8, 4) is 0 Å². The zero-order valence-corrected chi connectivity index (χ0v) is 19.5. The number of aromatic nitrogens is 1. The van der Waals surface area contributed by atoms with Gasteiger partial charge in [0.1, 0.15) is 0 Å². The zero-order valence-electron chi connectivity index (χ0n) is 18.7. The minimum Gasteiger partial charge on any atom is -0.867 e. The van der Waals surface area contributed by atoms with Crippen LogP contribution in [-0.4, -0.2) is 25.8 Å². The van der Waals surface area contributed by atoms with E-state index in [2.05, 4.69) is 9.71 Å². The first kappa shape index (κ1) is 23.1. The summed E-state index contributed by atoms with van der Waals surface area (Å²) in [5, 5.41) is 16.0. The molecule has 0 radical (unpaired) electrons. The minimum absolute atomic E-state index is 0.0937. The number of sulfonamides is 1. The number of benzene rings is 2. The molecule has 1 N–H and O–H groups in total. The van der Waals surface area contributed by atoms with Crippen molar-refractivity contribution in [2.24, 2.45) is 4.40 Å². The van der Waals surface area contributed by atoms with Gasteiger partial charge in [0.25, 0.3) is 10.0 Å². The van der Waals surface area contributed by atoms with E-state index >= 15 is 0 Å². The molecule has 0 aliphatic heterocycles. The average molecular weight is 476 g/mol. The Bertz CT molecular complexity index is 1480. The Kier molecular flexibility index (Phi) is 5.89. The summed E-state index contributed by atoms with van der Waals surface area (Å²) in [7, 11) is -4.36. The first-order chi connectivity index (χ1) is 16.1. The van der Waals surface area contributed by atoms with Crippen LogP contribution in [0.2, 0.25) is 0 Å². The number of carbonyl (C=O) groups excluding carboxylic acids is 2. The fraction of sp³-hybridized carbons (Fsp3) is 0.120. The van der Waals surface area contributed by atoms with Gasteiger partial charge in [0.2, 0.25) is 17.4 Å². The van der Waals surface area contributed by atoms with Crippen molar-refractivity contribution >= 4 is 44.6 Å². The van der Waals surface area contributed by atoms with Crippen molar-refractivity contribution in [2.45, 2.75) is 25.7 Å². The van der Waals surface area contributed by atoms with Crippen LogP contribution in [0.1, 0.15) is 34.0 Å². The van der Waals surface area contributed by atoms with Gasteiger partial charge < -0.3 is 10.4 Å². The Morgan fingerprint density at radius 2 is 1.56 bits per heavy atom. The van der Waals surface area contributed by atoms with Crippen LogP contribution in [-0.2, 0) is 14.8 Å². The lowest BCUT2D eigenvalue weighted by molar-refractivity contribution is -0.578. The van der Waals surface area contributed by atoms with Crippen LogP contribution < -0.4 is 15.0 Å². The number of rotatable bonds is 4. The molecule has 8 nitrogen and oxygen atoms in total. The molecule has 3 aromatic rings. The normalized spacial score (nSPS) is 14.8. The zero-order chi connectivity index (χ0) is 24.6. The van der Waals surface area contributed by atoms with Crippen molar-refractivity contribution < 1.29 is 27.7 Å². The number of anilines is 1. The second kappa shape index (κ2) is 8.68. The molecule has 0 spiro atoms. The third-order valence-corrected chi connectivity index (χ3v) is 6.44. The van der Waals surface area contributed by atoms with Gasteiger partial charge in [0, 0.05) is 29.3 Å². The van der Waals surface area contributed by atoms with Crippen molar-refractivity contribution in [3.05, 3.63) is 89.2 Å². The van der Waals surface area contributed by atoms with E-state index in [1.165, 1.54) is 47.9 Å². The molecule has 0 unspecified atom stereocenters. The Hall–Kier alpha value is -4.11. The predicted molar refractivity (Wildman–Crippen MR) is 125 cm³/mol. The van der Waals surface area contributed by atoms with Gasteiger partial charge in [-0.25, -0.2) is 0 Å². The largest absolute Gasteiger partial charge is 0.867 e. The van der Waals surface area contributed by atoms with Gasteiger partial charge in [-0.05, 0) is 55.5 Å². The number of ketones is 1. The van der Waals surface area contributed by atoms with Crippen LogP contribution in [0.15, 0.2) is 76.3 Å². The molecule has 172 valence electrons. The van der Waals surface area contributed by atoms with E-state index in [9.17, 15) is 23.1 Å². The summed E-state index contributed by atoms with van der Waals surface area (Å²) in [4.78, 5) is 24.4. The Labute approximate surface area is 197 Å². The predicted octanol–water partition coefficient (Wildman–Crippen LogP) is 2.26. The lowest BCUT2D eigenvalue weighted by atomic mass is 9.91. The van der Waals surface area contributed by atoms with E-state index in [1.807, 2.05) is 19.9 Å². The molecule has 2 aromatic carbocycles. The van der Waals surface area contributed by atoms with E-state index in [0.29, 0.717) is 5.69 Å². The molecule has 4 rings (SSSR count). The number of nitrogens with zero attached hydrogens (tertiary/aromatic N) is 2. The number of aryl methyl sites for hydroxylation is 2. The number of hydrogen-bond donors (Lipinski definition) is 1. The van der Waals surface area contributed by atoms with Gasteiger partial charge in [0.15, 0.2) is 18.1 Å². The monoisotopic (exact) mass is 475 g/mol. The van der Waals surface area contributed by atoms with Crippen LogP contribution >= 0.6 is 0 Å². The second-order valence-electron chi connectivity index (χ2n) is 7.97. The van der Waals surface area contributed by atoms with Crippen LogP contribution in [0.25, 0.3) is 11.5 Å². The van der Waals surface area contributed by atoms with E-state index in [-0.39, 0.29) is 27.6 Å². The lowest BCUT2D eigenvalue weighted by Gasteiger charge is -2.23. The maximum Gasteiger partial charge on any atom is 0.283 e. The average Bonchev–Trinajstić information content (AvgIpc) is 2.76. The van der Waals surface area contributed by atoms with Gasteiger partial charge in [0.05, 0.1) is 4.90 Å². The van der Waals surface area contributed by atoms with Crippen molar-refractivity contribution in [1.82, 2.24) is 0 Å². The summed E-state index contributed by atoms with van der Waals surface area (Å²) in [6.07, 6.45) is 3.29. The highest BCUT2D eigenvalue weighted by Gasteiger charge is 2.35. The highest BCUT2D eigenvalue weighted by atomic mass is 32.2. The SMILES string of the molecule is CC(=O)Nc1ccc(S(=O)(=O)/N=C2\C(=O)c3ccccc3C([O-])=C2[n+]2cc(C)cc(C)c2)cc1. The topological polar surface area (TPSA) is 120 Å². The fourth-order valence-electron chi connectivity index (χ4n) is 3.80. The number of nitrogens with one attached hydrogen (secondary N) is 1. The molecule has 1 aromatic heterocycles. The van der Waals surface area contributed by atoms with Crippen molar-refractivity contribution in [2.75, 3.05) is 5.32 Å². The number of fused-ring (bicyclic) bond motifs is 1. The maximum absolute atomic E-state index is 13.4. The van der Waals surface area contributed by atoms with Crippen LogP contribution in [0, 0.1) is 13.8 Å². The van der Waals surface area contributed by atoms with E-state index < -0.39 is 27.3 Å². The molecule has 1 aliphatic rings. The summed E-state index contributed by atoms with van der Waals surface area (Å²) in [5.41, 5.74) is 1.75. The van der Waals surface area contributed by atoms with Crippen molar-refractivity contribution in [1.29, 1.82) is 0 Å². The summed E-state index contributed by atoms with van der Waals surface area (Å²) < 4.78 is 31.6. The number of hydrogen-bond acceptors (Lipinski definition) is 5. The Balaban J connectivity index is 1.91. The minimum atomic E-state index is -4.36. The maximum atomic E-state index is 13.4. The molecule has 9 heteroatoms. The molecule has 34 heavy (non-hydrogen) atoms. The highest BCUT2D eigenvalue weighted by Crippen LogP contribution is 2.28. The number of Topliss-reactive ketones (excluding diaryl/α,β-unsaturated/α-hetero) is 1. The van der Waals surface area contributed by atoms with E-state index in [4.69, 9.17) is 0 Å². The van der Waals surface area contributed by atoms with E-state index in [0.717, 1.165) is 11.1 Å². The fourth-order valence-corrected chi connectivity index (χ4v) is 4.79. The molecule has 0 atom stereocenters. The summed E-state index contributed by atoms with van der Waals surface area (Å²) >= 11 is 0. The van der Waals surface area contributed by atoms with Crippen molar-refractivity contribution in [3.63, 3.8) is 0 Å². The number of allylic oxidation sites excluding steroid dienone is 1. The standard InChI is InChI=1S/C25H21N3O5S/c1-15-12-16(2)14-28(13-15)23-22(24(30)20-6-4-5-7-21(20)25(23)31)27-34(32,33)19-10-8-18(9-11-19)26-17(3)29/h4-14H,1-3H3,(H-,26,27,29,31). The molecule has 0 saturated heterocycles. The number of pyridine rings is 1. The third kappa shape index (κ3) is 4.38. The van der Waals surface area contributed by atoms with Gasteiger partial charge in [-0.15, -0.1) is 4.40 Å². The molecular formula is C25H21N3O5S. The number of amides is 1. The molecule has 1 amide bonds. The molecular weight excluding hydrogens is 454 g/mol. The summed E-state index contributed by atoms with van der Waals surface area (Å²) in [6.45, 7) is 5.00. The first-order valence-electron chi connectivity index (χ1n) is 10.3. The molecule has 0 fully saturated rings. The van der Waals surface area contributed by atoms with E-state index in [1.54, 1.807) is 24.5 Å². The second-order valence-corrected chi connectivity index (χ2v) is 9.57. The molecule has 0 bridgehead atoms. The van der Waals surface area contributed by atoms with Gasteiger partial charge in [-0.3, -0.25) is 9.59 Å². The summed E-state index contributed by atoms with van der Waals surface area (Å²) in [5.74, 6) is -1.46. The molecule has 1 heterocycles. The van der Waals surface area contributed by atoms with Crippen LogP contribution in [0.3, 0.4) is 0 Å². The summed E-state index contributed by atoms with van der Waals surface area (Å²) in [6, 6.07) is 13.5. The third-order valence-electron chi connectivity index (χ3n) is 5.15. The highest BCUT2D eigenvalue weighted by molar-refractivity contribution is 7.90. The molecule has 0 saturated carbocycles. The lowest BCUT2D eigenvalue weighted by Crippen LogP contribution is -2.44. The smallest absolute Gasteiger partial charge is 0.283 e. The Morgan fingerprint density at radius 3 is 2.15 bits per heavy atom. The van der Waals surface area contributed by atoms with Crippen LogP contribution in [0.4, 0.5) is 5.69 Å². The van der Waals surface area contributed by atoms with Gasteiger partial charge >= 0.3 is 0 Å². The first-order valence-corrected chi connectivity index (χ1v) is 11.8. The van der Waals surface area contributed by atoms with Gasteiger partial charge in [-0.2, -0.15) is 13.0 Å². The number of carbonyl (C=O) groups is 2. The molecule has 1 aliphatic carbocycles. The van der Waals surface area contributed by atoms with Crippen LogP contribution in [0.5, 0.6) is 0 Å².